The van der Waals surface area contributed by atoms with Gasteiger partial charge in [0.05, 0.1) is 23.5 Å². The van der Waals surface area contributed by atoms with Crippen LogP contribution in [0, 0.1) is 0 Å². The number of aromatic nitrogens is 3. The van der Waals surface area contributed by atoms with Crippen LogP contribution < -0.4 is 0 Å². The molecule has 0 saturated carbocycles. The smallest absolute Gasteiger partial charge is 0.0979 e. The SMILES string of the molecule is ClCc1cn(-c2c3ccccc3cc3ccccc23)nn1. The molecule has 0 aliphatic rings. The molecule has 3 aromatic carbocycles. The second-order valence-electron chi connectivity index (χ2n) is 4.96. The van der Waals surface area contributed by atoms with Gasteiger partial charge in [-0.05, 0) is 16.8 Å². The molecule has 4 heteroatoms. The quantitative estimate of drug-likeness (QED) is 0.407. The third-order valence-corrected chi connectivity index (χ3v) is 3.92. The first-order chi connectivity index (χ1) is 10.4. The summed E-state index contributed by atoms with van der Waals surface area (Å²) in [6.07, 6.45) is 1.89. The zero-order chi connectivity index (χ0) is 14.2. The molecular formula is C17H12ClN3. The molecule has 1 aromatic heterocycles. The Morgan fingerprint density at radius 1 is 0.905 bits per heavy atom. The predicted octanol–water partition coefficient (Wildman–Crippen LogP) is 4.31. The molecule has 4 rings (SSSR count). The number of benzene rings is 3. The maximum Gasteiger partial charge on any atom is 0.0979 e. The van der Waals surface area contributed by atoms with Crippen LogP contribution in [-0.2, 0) is 5.88 Å². The van der Waals surface area contributed by atoms with Crippen molar-refractivity contribution >= 4 is 33.1 Å². The summed E-state index contributed by atoms with van der Waals surface area (Å²) in [4.78, 5) is 0. The fraction of sp³-hybridized carbons (Fsp3) is 0.0588. The molecule has 0 fully saturated rings. The molecule has 21 heavy (non-hydrogen) atoms. The van der Waals surface area contributed by atoms with Gasteiger partial charge in [-0.3, -0.25) is 0 Å². The van der Waals surface area contributed by atoms with E-state index in [9.17, 15) is 0 Å². The monoisotopic (exact) mass is 293 g/mol. The Balaban J connectivity index is 2.15. The number of hydrogen-bond acceptors (Lipinski definition) is 2. The lowest BCUT2D eigenvalue weighted by Crippen LogP contribution is -1.98. The first kappa shape index (κ1) is 12.4. The lowest BCUT2D eigenvalue weighted by Gasteiger charge is -2.10. The minimum absolute atomic E-state index is 0.364. The molecule has 0 atom stereocenters. The molecule has 0 N–H and O–H groups in total. The maximum atomic E-state index is 5.85. The van der Waals surface area contributed by atoms with E-state index in [2.05, 4.69) is 40.6 Å². The molecule has 4 aromatic rings. The van der Waals surface area contributed by atoms with Crippen LogP contribution in [0.4, 0.5) is 0 Å². The van der Waals surface area contributed by atoms with Crippen molar-refractivity contribution in [2.75, 3.05) is 0 Å². The van der Waals surface area contributed by atoms with E-state index in [4.69, 9.17) is 11.6 Å². The van der Waals surface area contributed by atoms with E-state index in [0.29, 0.717) is 5.88 Å². The normalized spacial score (nSPS) is 11.3. The van der Waals surface area contributed by atoms with E-state index >= 15 is 0 Å². The van der Waals surface area contributed by atoms with Crippen molar-refractivity contribution in [2.45, 2.75) is 5.88 Å². The Labute approximate surface area is 126 Å². The van der Waals surface area contributed by atoms with E-state index in [-0.39, 0.29) is 0 Å². The third kappa shape index (κ3) is 1.98. The summed E-state index contributed by atoms with van der Waals surface area (Å²) >= 11 is 5.85. The van der Waals surface area contributed by atoms with Gasteiger partial charge in [0.2, 0.25) is 0 Å². The van der Waals surface area contributed by atoms with Gasteiger partial charge in [-0.1, -0.05) is 53.7 Å². The highest BCUT2D eigenvalue weighted by atomic mass is 35.5. The molecule has 0 aliphatic heterocycles. The van der Waals surface area contributed by atoms with Gasteiger partial charge in [0.15, 0.2) is 0 Å². The van der Waals surface area contributed by atoms with Gasteiger partial charge in [-0.25, -0.2) is 4.68 Å². The average molecular weight is 294 g/mol. The first-order valence-corrected chi connectivity index (χ1v) is 7.28. The Hall–Kier alpha value is -2.39. The molecule has 102 valence electrons. The van der Waals surface area contributed by atoms with E-state index in [0.717, 1.165) is 22.2 Å². The van der Waals surface area contributed by atoms with Crippen molar-refractivity contribution in [2.24, 2.45) is 0 Å². The van der Waals surface area contributed by atoms with Crippen molar-refractivity contribution in [1.82, 2.24) is 15.0 Å². The molecule has 3 nitrogen and oxygen atoms in total. The number of rotatable bonds is 2. The zero-order valence-electron chi connectivity index (χ0n) is 11.2. The summed E-state index contributed by atoms with van der Waals surface area (Å²) in [7, 11) is 0. The van der Waals surface area contributed by atoms with Gasteiger partial charge in [-0.15, -0.1) is 16.7 Å². The fourth-order valence-corrected chi connectivity index (χ4v) is 2.83. The second-order valence-corrected chi connectivity index (χ2v) is 5.22. The Bertz CT molecular complexity index is 889. The topological polar surface area (TPSA) is 30.7 Å². The average Bonchev–Trinajstić information content (AvgIpc) is 3.01. The van der Waals surface area contributed by atoms with Gasteiger partial charge in [0.1, 0.15) is 0 Å². The van der Waals surface area contributed by atoms with Crippen molar-refractivity contribution in [3.8, 4) is 5.69 Å². The minimum Gasteiger partial charge on any atom is -0.219 e. The second kappa shape index (κ2) is 4.86. The van der Waals surface area contributed by atoms with Crippen LogP contribution in [0.2, 0.25) is 0 Å². The predicted molar refractivity (Wildman–Crippen MR) is 85.9 cm³/mol. The van der Waals surface area contributed by atoms with Gasteiger partial charge in [0.25, 0.3) is 0 Å². The van der Waals surface area contributed by atoms with E-state index < -0.39 is 0 Å². The highest BCUT2D eigenvalue weighted by molar-refractivity contribution is 6.16. The number of nitrogens with zero attached hydrogens (tertiary/aromatic N) is 3. The van der Waals surface area contributed by atoms with E-state index in [1.165, 1.54) is 10.8 Å². The van der Waals surface area contributed by atoms with Crippen LogP contribution >= 0.6 is 11.6 Å². The molecule has 1 heterocycles. The third-order valence-electron chi connectivity index (χ3n) is 3.65. The summed E-state index contributed by atoms with van der Waals surface area (Å²) < 4.78 is 1.82. The minimum atomic E-state index is 0.364. The highest BCUT2D eigenvalue weighted by Gasteiger charge is 2.11. The number of fused-ring (bicyclic) bond motifs is 2. The van der Waals surface area contributed by atoms with Crippen LogP contribution in [-0.4, -0.2) is 15.0 Å². The molecule has 0 bridgehead atoms. The summed E-state index contributed by atoms with van der Waals surface area (Å²) in [5.41, 5.74) is 1.82. The Morgan fingerprint density at radius 2 is 1.52 bits per heavy atom. The van der Waals surface area contributed by atoms with Gasteiger partial charge >= 0.3 is 0 Å². The molecule has 0 radical (unpaired) electrons. The molecular weight excluding hydrogens is 282 g/mol. The van der Waals surface area contributed by atoms with Crippen molar-refractivity contribution in [3.05, 3.63) is 66.5 Å². The Kier molecular flexibility index (Phi) is 2.86. The molecule has 0 unspecified atom stereocenters. The molecule has 0 amide bonds. The number of halogens is 1. The highest BCUT2D eigenvalue weighted by Crippen LogP contribution is 2.31. The zero-order valence-corrected chi connectivity index (χ0v) is 12.0. The Morgan fingerprint density at radius 3 is 2.10 bits per heavy atom. The van der Waals surface area contributed by atoms with Gasteiger partial charge < -0.3 is 0 Å². The molecule has 0 spiro atoms. The van der Waals surface area contributed by atoms with E-state index in [1.54, 1.807) is 0 Å². The maximum absolute atomic E-state index is 5.85. The fourth-order valence-electron chi connectivity index (χ4n) is 2.71. The number of hydrogen-bond donors (Lipinski definition) is 0. The van der Waals surface area contributed by atoms with Crippen LogP contribution in [0.15, 0.2) is 60.8 Å². The van der Waals surface area contributed by atoms with Crippen LogP contribution in [0.1, 0.15) is 5.69 Å². The molecule has 0 aliphatic carbocycles. The first-order valence-electron chi connectivity index (χ1n) is 6.75. The van der Waals surface area contributed by atoms with Gasteiger partial charge in [0, 0.05) is 10.8 Å². The summed E-state index contributed by atoms with van der Waals surface area (Å²) in [5.74, 6) is 0.364. The lowest BCUT2D eigenvalue weighted by atomic mass is 10.0. The molecule has 0 saturated heterocycles. The van der Waals surface area contributed by atoms with Crippen molar-refractivity contribution in [1.29, 1.82) is 0 Å². The summed E-state index contributed by atoms with van der Waals surface area (Å²) in [6, 6.07) is 18.8. The standard InChI is InChI=1S/C17H12ClN3/c18-10-14-11-21(20-19-14)17-15-7-3-1-5-12(15)9-13-6-2-4-8-16(13)17/h1-9,11H,10H2. The van der Waals surface area contributed by atoms with Crippen LogP contribution in [0.25, 0.3) is 27.2 Å². The summed E-state index contributed by atoms with van der Waals surface area (Å²) in [5, 5.41) is 13.0. The number of alkyl halides is 1. The van der Waals surface area contributed by atoms with Crippen molar-refractivity contribution in [3.63, 3.8) is 0 Å². The van der Waals surface area contributed by atoms with Crippen LogP contribution in [0.3, 0.4) is 0 Å². The van der Waals surface area contributed by atoms with Crippen LogP contribution in [0.5, 0.6) is 0 Å². The van der Waals surface area contributed by atoms with E-state index in [1.807, 2.05) is 35.1 Å². The summed E-state index contributed by atoms with van der Waals surface area (Å²) in [6.45, 7) is 0. The lowest BCUT2D eigenvalue weighted by molar-refractivity contribution is 0.809. The largest absolute Gasteiger partial charge is 0.219 e. The van der Waals surface area contributed by atoms with Crippen molar-refractivity contribution < 1.29 is 0 Å². The van der Waals surface area contributed by atoms with Gasteiger partial charge in [-0.2, -0.15) is 0 Å².